The highest BCUT2D eigenvalue weighted by Gasteiger charge is 2.03. The summed E-state index contributed by atoms with van der Waals surface area (Å²) >= 11 is 0. The van der Waals surface area contributed by atoms with Crippen molar-refractivity contribution < 1.29 is 9.18 Å². The Labute approximate surface area is 138 Å². The van der Waals surface area contributed by atoms with Gasteiger partial charge in [0.15, 0.2) is 5.82 Å². The van der Waals surface area contributed by atoms with Crippen molar-refractivity contribution in [1.29, 1.82) is 0 Å². The summed E-state index contributed by atoms with van der Waals surface area (Å²) in [5.41, 5.74) is 1.41. The SMILES string of the molecule is O=C(NCCc1cccc(F)c1)Nc1ccc(-n2cccn2)nc1. The van der Waals surface area contributed by atoms with E-state index < -0.39 is 0 Å². The van der Waals surface area contributed by atoms with Crippen molar-refractivity contribution in [2.75, 3.05) is 11.9 Å². The van der Waals surface area contributed by atoms with Gasteiger partial charge in [-0.25, -0.2) is 18.9 Å². The van der Waals surface area contributed by atoms with Gasteiger partial charge in [0.2, 0.25) is 0 Å². The van der Waals surface area contributed by atoms with E-state index in [-0.39, 0.29) is 11.8 Å². The molecule has 0 fully saturated rings. The first-order valence-electron chi connectivity index (χ1n) is 7.46. The number of anilines is 1. The summed E-state index contributed by atoms with van der Waals surface area (Å²) in [6, 6.07) is 11.3. The molecular weight excluding hydrogens is 309 g/mol. The van der Waals surface area contributed by atoms with Crippen LogP contribution in [0.5, 0.6) is 0 Å². The molecule has 24 heavy (non-hydrogen) atoms. The summed E-state index contributed by atoms with van der Waals surface area (Å²) < 4.78 is 14.7. The highest BCUT2D eigenvalue weighted by molar-refractivity contribution is 5.89. The predicted octanol–water partition coefficient (Wildman–Crippen LogP) is 2.77. The Morgan fingerprint density at radius 1 is 1.21 bits per heavy atom. The Bertz CT molecular complexity index is 802. The van der Waals surface area contributed by atoms with Crippen LogP contribution in [0, 0.1) is 5.82 Å². The number of hydrogen-bond donors (Lipinski definition) is 2. The summed E-state index contributed by atoms with van der Waals surface area (Å²) in [7, 11) is 0. The molecule has 1 aromatic carbocycles. The molecule has 6 nitrogen and oxygen atoms in total. The van der Waals surface area contributed by atoms with Gasteiger partial charge in [0.1, 0.15) is 5.82 Å². The van der Waals surface area contributed by atoms with Gasteiger partial charge in [-0.1, -0.05) is 12.1 Å². The van der Waals surface area contributed by atoms with Crippen LogP contribution in [-0.4, -0.2) is 27.3 Å². The number of halogens is 1. The lowest BCUT2D eigenvalue weighted by Gasteiger charge is -2.08. The number of hydrogen-bond acceptors (Lipinski definition) is 3. The van der Waals surface area contributed by atoms with Gasteiger partial charge in [-0.3, -0.25) is 0 Å². The Balaban J connectivity index is 1.48. The summed E-state index contributed by atoms with van der Waals surface area (Å²) in [6.07, 6.45) is 5.57. The molecule has 2 N–H and O–H groups in total. The zero-order valence-corrected chi connectivity index (χ0v) is 12.8. The van der Waals surface area contributed by atoms with E-state index in [0.29, 0.717) is 24.5 Å². The van der Waals surface area contributed by atoms with Crippen molar-refractivity contribution in [2.45, 2.75) is 6.42 Å². The normalized spacial score (nSPS) is 10.4. The molecule has 0 aliphatic rings. The van der Waals surface area contributed by atoms with E-state index in [1.807, 2.05) is 6.07 Å². The molecule has 2 aromatic heterocycles. The molecule has 0 saturated carbocycles. The molecule has 0 spiro atoms. The average molecular weight is 325 g/mol. The van der Waals surface area contributed by atoms with Crippen LogP contribution in [0.4, 0.5) is 14.9 Å². The Morgan fingerprint density at radius 2 is 2.12 bits per heavy atom. The molecule has 0 unspecified atom stereocenters. The van der Waals surface area contributed by atoms with Crippen LogP contribution in [0.1, 0.15) is 5.56 Å². The zero-order chi connectivity index (χ0) is 16.8. The molecule has 0 aliphatic heterocycles. The van der Waals surface area contributed by atoms with E-state index in [1.54, 1.807) is 47.5 Å². The highest BCUT2D eigenvalue weighted by atomic mass is 19.1. The van der Waals surface area contributed by atoms with Crippen LogP contribution in [0.25, 0.3) is 5.82 Å². The van der Waals surface area contributed by atoms with Crippen LogP contribution < -0.4 is 10.6 Å². The molecule has 0 radical (unpaired) electrons. The second-order valence-corrected chi connectivity index (χ2v) is 5.12. The third-order valence-corrected chi connectivity index (χ3v) is 3.33. The number of nitrogens with one attached hydrogen (secondary N) is 2. The summed E-state index contributed by atoms with van der Waals surface area (Å²) in [6.45, 7) is 0.411. The predicted molar refractivity (Wildman–Crippen MR) is 88.5 cm³/mol. The number of benzene rings is 1. The van der Waals surface area contributed by atoms with Gasteiger partial charge in [0, 0.05) is 18.9 Å². The number of urea groups is 1. The van der Waals surface area contributed by atoms with Crippen molar-refractivity contribution >= 4 is 11.7 Å². The number of pyridine rings is 1. The summed E-state index contributed by atoms with van der Waals surface area (Å²) in [5.74, 6) is 0.386. The van der Waals surface area contributed by atoms with Gasteiger partial charge in [0.25, 0.3) is 0 Å². The van der Waals surface area contributed by atoms with E-state index in [1.165, 1.54) is 12.1 Å². The van der Waals surface area contributed by atoms with Crippen molar-refractivity contribution in [3.63, 3.8) is 0 Å². The molecular formula is C17H16FN5O. The molecule has 122 valence electrons. The van der Waals surface area contributed by atoms with Gasteiger partial charge in [-0.2, -0.15) is 5.10 Å². The minimum absolute atomic E-state index is 0.278. The molecule has 3 aromatic rings. The maximum absolute atomic E-state index is 13.1. The van der Waals surface area contributed by atoms with Crippen LogP contribution in [0.15, 0.2) is 61.1 Å². The average Bonchev–Trinajstić information content (AvgIpc) is 3.10. The smallest absolute Gasteiger partial charge is 0.319 e. The van der Waals surface area contributed by atoms with Gasteiger partial charge >= 0.3 is 6.03 Å². The minimum atomic E-state index is -0.333. The lowest BCUT2D eigenvalue weighted by molar-refractivity contribution is 0.252. The fourth-order valence-corrected chi connectivity index (χ4v) is 2.19. The second-order valence-electron chi connectivity index (χ2n) is 5.12. The van der Waals surface area contributed by atoms with Crippen molar-refractivity contribution in [3.05, 3.63) is 72.4 Å². The minimum Gasteiger partial charge on any atom is -0.338 e. The van der Waals surface area contributed by atoms with E-state index >= 15 is 0 Å². The van der Waals surface area contributed by atoms with Gasteiger partial charge in [-0.15, -0.1) is 0 Å². The molecule has 0 aliphatic carbocycles. The molecule has 7 heteroatoms. The van der Waals surface area contributed by atoms with Crippen molar-refractivity contribution in [2.24, 2.45) is 0 Å². The van der Waals surface area contributed by atoms with E-state index in [4.69, 9.17) is 0 Å². The van der Waals surface area contributed by atoms with E-state index in [0.717, 1.165) is 5.56 Å². The van der Waals surface area contributed by atoms with Crippen LogP contribution in [0.2, 0.25) is 0 Å². The van der Waals surface area contributed by atoms with Crippen LogP contribution >= 0.6 is 0 Å². The Kier molecular flexibility index (Phi) is 4.81. The van der Waals surface area contributed by atoms with E-state index in [2.05, 4.69) is 20.7 Å². The highest BCUT2D eigenvalue weighted by Crippen LogP contribution is 2.09. The molecule has 3 rings (SSSR count). The Hall–Kier alpha value is -3.22. The molecule has 0 atom stereocenters. The molecule has 2 heterocycles. The maximum atomic E-state index is 13.1. The first-order valence-corrected chi connectivity index (χ1v) is 7.46. The number of rotatable bonds is 5. The fraction of sp³-hybridized carbons (Fsp3) is 0.118. The van der Waals surface area contributed by atoms with Gasteiger partial charge in [0.05, 0.1) is 11.9 Å². The molecule has 2 amide bonds. The van der Waals surface area contributed by atoms with Crippen molar-refractivity contribution in [3.8, 4) is 5.82 Å². The topological polar surface area (TPSA) is 71.8 Å². The number of carbonyl (C=O) groups excluding carboxylic acids is 1. The number of carbonyl (C=O) groups is 1. The third kappa shape index (κ3) is 4.16. The third-order valence-electron chi connectivity index (χ3n) is 3.33. The van der Waals surface area contributed by atoms with E-state index in [9.17, 15) is 9.18 Å². The number of aromatic nitrogens is 3. The van der Waals surface area contributed by atoms with Crippen LogP contribution in [-0.2, 0) is 6.42 Å². The fourth-order valence-electron chi connectivity index (χ4n) is 2.19. The first kappa shape index (κ1) is 15.7. The number of amides is 2. The quantitative estimate of drug-likeness (QED) is 0.758. The van der Waals surface area contributed by atoms with Gasteiger partial charge in [-0.05, 0) is 42.3 Å². The zero-order valence-electron chi connectivity index (χ0n) is 12.8. The lowest BCUT2D eigenvalue weighted by Crippen LogP contribution is -2.30. The summed E-state index contributed by atoms with van der Waals surface area (Å²) in [4.78, 5) is 16.1. The lowest BCUT2D eigenvalue weighted by atomic mass is 10.1. The summed E-state index contributed by atoms with van der Waals surface area (Å²) in [5, 5.41) is 9.50. The van der Waals surface area contributed by atoms with Gasteiger partial charge < -0.3 is 10.6 Å². The van der Waals surface area contributed by atoms with Crippen LogP contribution in [0.3, 0.4) is 0 Å². The first-order chi connectivity index (χ1) is 11.7. The number of nitrogens with zero attached hydrogens (tertiary/aromatic N) is 3. The standard InChI is InChI=1S/C17H16FN5O/c18-14-4-1-3-13(11-14)7-9-19-17(24)22-15-5-6-16(20-12-15)23-10-2-8-21-23/h1-6,8,10-12H,7,9H2,(H2,19,22,24). The Morgan fingerprint density at radius 3 is 2.83 bits per heavy atom. The maximum Gasteiger partial charge on any atom is 0.319 e. The second kappa shape index (κ2) is 7.36. The molecule has 0 bridgehead atoms. The van der Waals surface area contributed by atoms with Crippen molar-refractivity contribution in [1.82, 2.24) is 20.1 Å². The molecule has 0 saturated heterocycles. The largest absolute Gasteiger partial charge is 0.338 e. The monoisotopic (exact) mass is 325 g/mol.